The number of halogens is 1. The Bertz CT molecular complexity index is 1110. The molecule has 1 aromatic heterocycles. The lowest BCUT2D eigenvalue weighted by Crippen LogP contribution is -2.05. The van der Waals surface area contributed by atoms with Crippen molar-refractivity contribution in [1.82, 2.24) is 4.57 Å². The van der Waals surface area contributed by atoms with Gasteiger partial charge in [0.05, 0.1) is 12.1 Å². The number of nitrogens with zero attached hydrogens (tertiary/aromatic N) is 1. The molecule has 170 valence electrons. The molecule has 2 unspecified atom stereocenters. The first-order chi connectivity index (χ1) is 15.3. The van der Waals surface area contributed by atoms with Gasteiger partial charge in [-0.1, -0.05) is 69.7 Å². The van der Waals surface area contributed by atoms with Gasteiger partial charge in [-0.05, 0) is 79.4 Å². The van der Waals surface area contributed by atoms with Gasteiger partial charge < -0.3 is 9.36 Å². The molecular weight excluding hydrogens is 414 g/mol. The summed E-state index contributed by atoms with van der Waals surface area (Å²) >= 11 is 6.50. The zero-order valence-corrected chi connectivity index (χ0v) is 20.9. The summed E-state index contributed by atoms with van der Waals surface area (Å²) in [6.07, 6.45) is 14.5. The number of allylic oxidation sites excluding steroid dienone is 7. The maximum Gasteiger partial charge on any atom is 0.139 e. The number of aldehydes is 1. The summed E-state index contributed by atoms with van der Waals surface area (Å²) in [5.41, 5.74) is 8.13. The molecular formula is C29H36ClNO. The number of rotatable bonds is 8. The molecule has 0 aliphatic heterocycles. The van der Waals surface area contributed by atoms with E-state index in [0.29, 0.717) is 17.5 Å². The Morgan fingerprint density at radius 3 is 2.66 bits per heavy atom. The van der Waals surface area contributed by atoms with Gasteiger partial charge in [-0.15, -0.1) is 0 Å². The van der Waals surface area contributed by atoms with Gasteiger partial charge in [-0.2, -0.15) is 0 Å². The first-order valence-corrected chi connectivity index (χ1v) is 12.2. The summed E-state index contributed by atoms with van der Waals surface area (Å²) in [6.45, 7) is 15.5. The van der Waals surface area contributed by atoms with Gasteiger partial charge >= 0.3 is 0 Å². The second-order valence-corrected chi connectivity index (χ2v) is 9.68. The lowest BCUT2D eigenvalue weighted by Gasteiger charge is -2.22. The van der Waals surface area contributed by atoms with Gasteiger partial charge in [-0.3, -0.25) is 0 Å². The van der Waals surface area contributed by atoms with Crippen LogP contribution in [-0.2, 0) is 11.3 Å². The predicted molar refractivity (Wildman–Crippen MR) is 139 cm³/mol. The Hall–Kier alpha value is -2.32. The van der Waals surface area contributed by atoms with Gasteiger partial charge in [-0.25, -0.2) is 0 Å². The van der Waals surface area contributed by atoms with Crippen molar-refractivity contribution in [2.45, 2.75) is 66.8 Å². The molecule has 1 aliphatic rings. The molecule has 3 rings (SSSR count). The molecule has 1 heterocycles. The van der Waals surface area contributed by atoms with Crippen molar-refractivity contribution < 1.29 is 4.79 Å². The smallest absolute Gasteiger partial charge is 0.139 e. The van der Waals surface area contributed by atoms with Crippen LogP contribution in [0.5, 0.6) is 0 Å². The predicted octanol–water partition coefficient (Wildman–Crippen LogP) is 8.40. The van der Waals surface area contributed by atoms with Crippen LogP contribution in [0.1, 0.15) is 63.3 Å². The number of aromatic nitrogens is 1. The van der Waals surface area contributed by atoms with Crippen LogP contribution in [0.4, 0.5) is 0 Å². The van der Waals surface area contributed by atoms with E-state index in [1.807, 2.05) is 18.2 Å². The number of hydrogen-bond donors (Lipinski definition) is 0. The SMILES string of the molecule is C=C/C(=C(\C=C/C(C)CC)C1=CCC(C)CC1)c1c(C)n(CC=O)c2c(C)cc(Cl)cc12. The summed E-state index contributed by atoms with van der Waals surface area (Å²) in [5, 5.41) is 1.80. The number of fused-ring (bicyclic) bond motifs is 1. The minimum atomic E-state index is 0.327. The fourth-order valence-corrected chi connectivity index (χ4v) is 5.02. The summed E-state index contributed by atoms with van der Waals surface area (Å²) in [6, 6.07) is 4.00. The van der Waals surface area contributed by atoms with Crippen molar-refractivity contribution >= 4 is 34.4 Å². The maximum atomic E-state index is 11.5. The van der Waals surface area contributed by atoms with E-state index in [2.05, 4.69) is 64.0 Å². The lowest BCUT2D eigenvalue weighted by molar-refractivity contribution is -0.108. The second kappa shape index (κ2) is 10.5. The normalized spacial score (nSPS) is 18.6. The van der Waals surface area contributed by atoms with Gasteiger partial charge in [0.15, 0.2) is 0 Å². The zero-order chi connectivity index (χ0) is 23.4. The number of aryl methyl sites for hydroxylation is 1. The summed E-state index contributed by atoms with van der Waals surface area (Å²) in [7, 11) is 0. The molecule has 2 nitrogen and oxygen atoms in total. The Morgan fingerprint density at radius 1 is 1.31 bits per heavy atom. The van der Waals surface area contributed by atoms with E-state index in [1.165, 1.54) is 17.6 Å². The zero-order valence-electron chi connectivity index (χ0n) is 20.2. The highest BCUT2D eigenvalue weighted by atomic mass is 35.5. The minimum Gasteiger partial charge on any atom is -0.337 e. The Labute approximate surface area is 198 Å². The molecule has 0 fully saturated rings. The van der Waals surface area contributed by atoms with E-state index in [-0.39, 0.29) is 0 Å². The van der Waals surface area contributed by atoms with Crippen LogP contribution in [0, 0.1) is 25.7 Å². The number of carbonyl (C=O) groups is 1. The van der Waals surface area contributed by atoms with Crippen LogP contribution >= 0.6 is 11.6 Å². The molecule has 2 atom stereocenters. The highest BCUT2D eigenvalue weighted by molar-refractivity contribution is 6.31. The topological polar surface area (TPSA) is 22.0 Å². The summed E-state index contributed by atoms with van der Waals surface area (Å²) in [5.74, 6) is 1.23. The monoisotopic (exact) mass is 449 g/mol. The molecule has 2 aromatic rings. The third-order valence-corrected chi connectivity index (χ3v) is 7.06. The number of benzene rings is 1. The molecule has 0 bridgehead atoms. The summed E-state index contributed by atoms with van der Waals surface area (Å²) in [4.78, 5) is 11.5. The Kier molecular flexibility index (Phi) is 8.00. The number of hydrogen-bond acceptors (Lipinski definition) is 1. The van der Waals surface area contributed by atoms with E-state index in [4.69, 9.17) is 11.6 Å². The van der Waals surface area contributed by atoms with Crippen LogP contribution < -0.4 is 0 Å². The van der Waals surface area contributed by atoms with Crippen molar-refractivity contribution in [1.29, 1.82) is 0 Å². The third-order valence-electron chi connectivity index (χ3n) is 6.85. The van der Waals surface area contributed by atoms with Crippen LogP contribution in [0.2, 0.25) is 5.02 Å². The van der Waals surface area contributed by atoms with Gasteiger partial charge in [0, 0.05) is 21.7 Å². The Morgan fingerprint density at radius 2 is 2.06 bits per heavy atom. The van der Waals surface area contributed by atoms with E-state index < -0.39 is 0 Å². The van der Waals surface area contributed by atoms with Crippen LogP contribution in [-0.4, -0.2) is 10.9 Å². The Balaban J connectivity index is 2.37. The highest BCUT2D eigenvalue weighted by Gasteiger charge is 2.22. The third kappa shape index (κ3) is 4.86. The maximum absolute atomic E-state index is 11.5. The molecule has 0 spiro atoms. The number of carbonyl (C=O) groups excluding carboxylic acids is 1. The van der Waals surface area contributed by atoms with Crippen molar-refractivity contribution in [3.8, 4) is 0 Å². The second-order valence-electron chi connectivity index (χ2n) is 9.24. The van der Waals surface area contributed by atoms with Gasteiger partial charge in [0.25, 0.3) is 0 Å². The van der Waals surface area contributed by atoms with E-state index >= 15 is 0 Å². The van der Waals surface area contributed by atoms with Crippen molar-refractivity contribution in [2.24, 2.45) is 11.8 Å². The van der Waals surface area contributed by atoms with Crippen molar-refractivity contribution in [3.05, 3.63) is 76.0 Å². The first-order valence-electron chi connectivity index (χ1n) is 11.8. The molecule has 0 saturated heterocycles. The molecule has 0 N–H and O–H groups in total. The molecule has 0 radical (unpaired) electrons. The van der Waals surface area contributed by atoms with E-state index in [1.54, 1.807) is 0 Å². The fourth-order valence-electron chi connectivity index (χ4n) is 4.75. The fraction of sp³-hybridized carbons (Fsp3) is 0.414. The standard InChI is InChI=1S/C29H36ClNO/c1-7-19(3)11-14-26(23-12-9-20(4)10-13-23)25(8-2)28-22(6)31(15-16-32)29-21(5)17-24(30)18-27(28)29/h8,11-12,14,16-20H,2,7,9-10,13,15H2,1,3-6H3/b14-11-,26-25-. The van der Waals surface area contributed by atoms with Crippen LogP contribution in [0.15, 0.2) is 54.2 Å². The molecule has 32 heavy (non-hydrogen) atoms. The van der Waals surface area contributed by atoms with Crippen molar-refractivity contribution in [3.63, 3.8) is 0 Å². The van der Waals surface area contributed by atoms with Gasteiger partial charge in [0.1, 0.15) is 6.29 Å². The van der Waals surface area contributed by atoms with E-state index in [9.17, 15) is 4.79 Å². The van der Waals surface area contributed by atoms with E-state index in [0.717, 1.165) is 64.8 Å². The summed E-state index contributed by atoms with van der Waals surface area (Å²) < 4.78 is 2.11. The van der Waals surface area contributed by atoms with Crippen LogP contribution in [0.25, 0.3) is 16.5 Å². The molecule has 1 aromatic carbocycles. The van der Waals surface area contributed by atoms with Crippen molar-refractivity contribution in [2.75, 3.05) is 0 Å². The lowest BCUT2D eigenvalue weighted by atomic mass is 9.83. The quantitative estimate of drug-likeness (QED) is 0.293. The van der Waals surface area contributed by atoms with Gasteiger partial charge in [0.2, 0.25) is 0 Å². The molecule has 0 amide bonds. The molecule has 1 aliphatic carbocycles. The average Bonchev–Trinajstić information content (AvgIpc) is 3.03. The first kappa shape index (κ1) is 24.3. The average molecular weight is 450 g/mol. The minimum absolute atomic E-state index is 0.327. The largest absolute Gasteiger partial charge is 0.337 e. The molecule has 3 heteroatoms. The highest BCUT2D eigenvalue weighted by Crippen LogP contribution is 2.40. The molecule has 0 saturated carbocycles. The van der Waals surface area contributed by atoms with Crippen LogP contribution in [0.3, 0.4) is 0 Å².